The Morgan fingerprint density at radius 2 is 1.88 bits per heavy atom. The summed E-state index contributed by atoms with van der Waals surface area (Å²) in [6, 6.07) is 12.9. The second-order valence-electron chi connectivity index (χ2n) is 8.34. The molecular weight excluding hydrogens is 433 g/mol. The fourth-order valence-corrected chi connectivity index (χ4v) is 4.34. The van der Waals surface area contributed by atoms with Crippen molar-refractivity contribution in [3.05, 3.63) is 101 Å². The zero-order valence-corrected chi connectivity index (χ0v) is 18.6. The van der Waals surface area contributed by atoms with Crippen LogP contribution < -0.4 is 5.56 Å². The molecule has 4 aromatic rings. The molecule has 4 heterocycles. The molecule has 0 amide bonds. The van der Waals surface area contributed by atoms with Crippen LogP contribution >= 0.6 is 0 Å². The molecular formula is C25H20FN7O. The Balaban J connectivity index is 1.53. The number of pyridine rings is 1. The van der Waals surface area contributed by atoms with Crippen molar-refractivity contribution in [1.29, 1.82) is 0 Å². The van der Waals surface area contributed by atoms with E-state index in [-0.39, 0.29) is 11.4 Å². The second kappa shape index (κ2) is 7.51. The van der Waals surface area contributed by atoms with E-state index in [1.807, 2.05) is 50.5 Å². The first-order chi connectivity index (χ1) is 16.5. The number of fused-ring (bicyclic) bond motifs is 3. The Bertz CT molecular complexity index is 1670. The Kier molecular flexibility index (Phi) is 4.44. The SMILES string of the molecule is Cc1ccc(F)c2c1c1nn(-c3cn(C)cn3)c(=O)c-1cn2Cc1ccc(-n2cccn2)cc1. The zero-order chi connectivity index (χ0) is 23.4. The van der Waals surface area contributed by atoms with Gasteiger partial charge < -0.3 is 9.13 Å². The van der Waals surface area contributed by atoms with E-state index in [0.29, 0.717) is 34.5 Å². The van der Waals surface area contributed by atoms with Crippen molar-refractivity contribution < 1.29 is 4.39 Å². The Morgan fingerprint density at radius 1 is 1.06 bits per heavy atom. The maximum atomic E-state index is 15.2. The van der Waals surface area contributed by atoms with Gasteiger partial charge in [-0.05, 0) is 42.3 Å². The lowest BCUT2D eigenvalue weighted by atomic mass is 10.0. The van der Waals surface area contributed by atoms with Crippen LogP contribution in [-0.2, 0) is 13.6 Å². The lowest BCUT2D eigenvalue weighted by Gasteiger charge is -2.16. The number of nitrogens with zero attached hydrogens (tertiary/aromatic N) is 7. The normalized spacial score (nSPS) is 11.6. The van der Waals surface area contributed by atoms with E-state index < -0.39 is 0 Å². The third-order valence-electron chi connectivity index (χ3n) is 5.99. The number of rotatable bonds is 4. The summed E-state index contributed by atoms with van der Waals surface area (Å²) in [5.41, 5.74) is 3.74. The summed E-state index contributed by atoms with van der Waals surface area (Å²) in [7, 11) is 1.82. The number of hydrogen-bond acceptors (Lipinski definition) is 4. The molecule has 34 heavy (non-hydrogen) atoms. The molecule has 0 bridgehead atoms. The molecule has 0 N–H and O–H groups in total. The van der Waals surface area contributed by atoms with E-state index in [1.54, 1.807) is 44.8 Å². The van der Waals surface area contributed by atoms with Gasteiger partial charge in [-0.25, -0.2) is 14.1 Å². The van der Waals surface area contributed by atoms with E-state index >= 15 is 4.39 Å². The van der Waals surface area contributed by atoms with Crippen molar-refractivity contribution in [2.45, 2.75) is 13.5 Å². The minimum Gasteiger partial charge on any atom is -0.340 e. The highest BCUT2D eigenvalue weighted by atomic mass is 19.1. The Labute approximate surface area is 193 Å². The molecule has 0 spiro atoms. The molecule has 0 saturated carbocycles. The highest BCUT2D eigenvalue weighted by molar-refractivity contribution is 5.96. The summed E-state index contributed by atoms with van der Waals surface area (Å²) in [6.07, 6.45) is 8.62. The molecule has 0 unspecified atom stereocenters. The smallest absolute Gasteiger partial charge is 0.283 e. The molecule has 9 heteroatoms. The summed E-state index contributed by atoms with van der Waals surface area (Å²) >= 11 is 0. The van der Waals surface area contributed by atoms with Crippen LogP contribution in [0.15, 0.2) is 78.4 Å². The van der Waals surface area contributed by atoms with Gasteiger partial charge in [0.25, 0.3) is 5.56 Å². The van der Waals surface area contributed by atoms with E-state index in [4.69, 9.17) is 0 Å². The molecule has 168 valence electrons. The van der Waals surface area contributed by atoms with Gasteiger partial charge in [-0.3, -0.25) is 4.79 Å². The number of benzene rings is 2. The number of halogens is 1. The van der Waals surface area contributed by atoms with Crippen LogP contribution in [0.5, 0.6) is 0 Å². The van der Waals surface area contributed by atoms with Crippen molar-refractivity contribution >= 4 is 10.9 Å². The minimum absolute atomic E-state index is 0.290. The van der Waals surface area contributed by atoms with Crippen LogP contribution in [-0.4, -0.2) is 33.7 Å². The predicted molar refractivity (Wildman–Crippen MR) is 126 cm³/mol. The molecule has 2 aliphatic rings. The van der Waals surface area contributed by atoms with Crippen molar-refractivity contribution in [3.63, 3.8) is 0 Å². The van der Waals surface area contributed by atoms with E-state index in [9.17, 15) is 4.79 Å². The topological polar surface area (TPSA) is 75.5 Å². The van der Waals surface area contributed by atoms with Gasteiger partial charge in [-0.15, -0.1) is 0 Å². The van der Waals surface area contributed by atoms with Crippen molar-refractivity contribution in [3.8, 4) is 22.8 Å². The summed E-state index contributed by atoms with van der Waals surface area (Å²) < 4.78 is 21.8. The van der Waals surface area contributed by atoms with Crippen LogP contribution in [0, 0.1) is 12.7 Å². The molecule has 2 aromatic carbocycles. The summed E-state index contributed by atoms with van der Waals surface area (Å²) in [4.78, 5) is 17.6. The first-order valence-corrected chi connectivity index (χ1v) is 10.8. The minimum atomic E-state index is -0.365. The molecule has 0 saturated heterocycles. The number of aromatic nitrogens is 7. The average molecular weight is 453 g/mol. The van der Waals surface area contributed by atoms with Crippen LogP contribution in [0.25, 0.3) is 33.7 Å². The van der Waals surface area contributed by atoms with Crippen LogP contribution in [0.2, 0.25) is 0 Å². The van der Waals surface area contributed by atoms with E-state index in [1.165, 1.54) is 10.7 Å². The molecule has 0 radical (unpaired) electrons. The third kappa shape index (κ3) is 3.13. The monoisotopic (exact) mass is 453 g/mol. The van der Waals surface area contributed by atoms with E-state index in [0.717, 1.165) is 16.8 Å². The van der Waals surface area contributed by atoms with Crippen LogP contribution in [0.4, 0.5) is 4.39 Å². The van der Waals surface area contributed by atoms with E-state index in [2.05, 4.69) is 15.2 Å². The largest absolute Gasteiger partial charge is 0.340 e. The van der Waals surface area contributed by atoms with Gasteiger partial charge in [0, 0.05) is 43.8 Å². The van der Waals surface area contributed by atoms with Crippen LogP contribution in [0.3, 0.4) is 0 Å². The van der Waals surface area contributed by atoms with Gasteiger partial charge >= 0.3 is 0 Å². The third-order valence-corrected chi connectivity index (χ3v) is 5.99. The molecule has 8 nitrogen and oxygen atoms in total. The number of aryl methyl sites for hydroxylation is 2. The molecule has 0 aliphatic carbocycles. The first kappa shape index (κ1) is 20.1. The van der Waals surface area contributed by atoms with Crippen molar-refractivity contribution in [1.82, 2.24) is 33.7 Å². The van der Waals surface area contributed by atoms with Gasteiger partial charge in [-0.2, -0.15) is 14.9 Å². The Morgan fingerprint density at radius 3 is 2.59 bits per heavy atom. The van der Waals surface area contributed by atoms with Crippen molar-refractivity contribution in [2.75, 3.05) is 0 Å². The van der Waals surface area contributed by atoms with Gasteiger partial charge in [-0.1, -0.05) is 18.2 Å². The predicted octanol–water partition coefficient (Wildman–Crippen LogP) is 3.71. The lowest BCUT2D eigenvalue weighted by molar-refractivity contribution is 0.626. The number of imidazole rings is 1. The Hall–Kier alpha value is -4.53. The van der Waals surface area contributed by atoms with Crippen molar-refractivity contribution in [2.24, 2.45) is 7.05 Å². The van der Waals surface area contributed by atoms with Gasteiger partial charge in [0.2, 0.25) is 0 Å². The quantitative estimate of drug-likeness (QED) is 0.408. The van der Waals surface area contributed by atoms with Gasteiger partial charge in [0.05, 0.1) is 23.1 Å². The first-order valence-electron chi connectivity index (χ1n) is 10.8. The number of hydrogen-bond donors (Lipinski definition) is 0. The fourth-order valence-electron chi connectivity index (χ4n) is 4.34. The standard InChI is InChI=1S/C25H20FN7O/c1-16-4-9-20(26)24-22(16)23-19(25(34)33(29-23)21-14-30(2)15-27-21)13-31(24)12-17-5-7-18(8-6-17)32-11-3-10-28-32/h3-11,13-15H,12H2,1-2H3. The molecule has 6 rings (SSSR count). The average Bonchev–Trinajstić information content (AvgIpc) is 3.58. The highest BCUT2D eigenvalue weighted by Crippen LogP contribution is 2.32. The summed E-state index contributed by atoms with van der Waals surface area (Å²) in [6.45, 7) is 2.29. The van der Waals surface area contributed by atoms with Crippen LogP contribution in [0.1, 0.15) is 11.1 Å². The summed E-state index contributed by atoms with van der Waals surface area (Å²) in [5.74, 6) is 0.0576. The molecule has 2 aromatic heterocycles. The summed E-state index contributed by atoms with van der Waals surface area (Å²) in [5, 5.41) is 9.42. The lowest BCUT2D eigenvalue weighted by Crippen LogP contribution is -2.15. The van der Waals surface area contributed by atoms with Gasteiger partial charge in [0.15, 0.2) is 5.82 Å². The zero-order valence-electron chi connectivity index (χ0n) is 18.6. The molecule has 0 atom stereocenters. The maximum absolute atomic E-state index is 15.2. The maximum Gasteiger partial charge on any atom is 0.283 e. The van der Waals surface area contributed by atoms with Gasteiger partial charge in [0.1, 0.15) is 11.5 Å². The molecule has 2 aliphatic heterocycles. The second-order valence-corrected chi connectivity index (χ2v) is 8.34. The highest BCUT2D eigenvalue weighted by Gasteiger charge is 2.24. The fraction of sp³-hybridized carbons (Fsp3) is 0.120. The molecule has 0 fully saturated rings.